The Hall–Kier alpha value is -3.42. The average Bonchev–Trinajstić information content (AvgIpc) is 3.27. The van der Waals surface area contributed by atoms with Crippen molar-refractivity contribution in [3.05, 3.63) is 63.2 Å². The van der Waals surface area contributed by atoms with E-state index >= 15 is 0 Å². The number of amides is 3. The van der Waals surface area contributed by atoms with Gasteiger partial charge in [-0.3, -0.25) is 19.8 Å². The number of carbonyl (C=O) groups is 2. The molecule has 0 spiro atoms. The second-order valence-corrected chi connectivity index (χ2v) is 6.57. The minimum absolute atomic E-state index is 0.0435. The molecule has 0 saturated carbocycles. The van der Waals surface area contributed by atoms with E-state index in [0.29, 0.717) is 48.6 Å². The molecule has 1 fully saturated rings. The van der Waals surface area contributed by atoms with Crippen LogP contribution >= 0.6 is 0 Å². The van der Waals surface area contributed by atoms with Gasteiger partial charge in [0.05, 0.1) is 16.2 Å². The van der Waals surface area contributed by atoms with E-state index in [2.05, 4.69) is 5.32 Å². The molecule has 2 aromatic rings. The molecule has 1 saturated heterocycles. The van der Waals surface area contributed by atoms with E-state index in [1.165, 1.54) is 6.07 Å². The smallest absolute Gasteiger partial charge is 0.322 e. The van der Waals surface area contributed by atoms with Gasteiger partial charge < -0.3 is 10.2 Å². The standard InChI is InChI=1S/C19H18N4O4/c1-12-13(4-2-5-15(12)22-11-9-20-19(22)25)18(24)21-10-8-14-16(21)6-3-7-17(14)23(26)27/h2-7H,8-11H2,1H3,(H,20,25). The number of nitro benzene ring substituents is 1. The summed E-state index contributed by atoms with van der Waals surface area (Å²) in [5.41, 5.74) is 3.13. The van der Waals surface area contributed by atoms with Crippen LogP contribution in [0, 0.1) is 17.0 Å². The summed E-state index contributed by atoms with van der Waals surface area (Å²) in [6, 6.07) is 9.92. The highest BCUT2D eigenvalue weighted by atomic mass is 16.6. The number of hydrogen-bond donors (Lipinski definition) is 1. The molecule has 0 bridgehead atoms. The predicted octanol–water partition coefficient (Wildman–Crippen LogP) is 2.64. The molecule has 1 N–H and O–H groups in total. The van der Waals surface area contributed by atoms with E-state index in [-0.39, 0.29) is 17.6 Å². The highest BCUT2D eigenvalue weighted by Crippen LogP contribution is 2.36. The summed E-state index contributed by atoms with van der Waals surface area (Å²) in [6.45, 7) is 3.33. The van der Waals surface area contributed by atoms with E-state index in [0.717, 1.165) is 5.56 Å². The van der Waals surface area contributed by atoms with Crippen molar-refractivity contribution in [1.29, 1.82) is 0 Å². The molecule has 0 radical (unpaired) electrons. The average molecular weight is 366 g/mol. The van der Waals surface area contributed by atoms with Crippen molar-refractivity contribution in [3.8, 4) is 0 Å². The third kappa shape index (κ3) is 2.69. The fourth-order valence-electron chi connectivity index (χ4n) is 3.79. The van der Waals surface area contributed by atoms with Crippen molar-refractivity contribution >= 4 is 29.0 Å². The molecule has 138 valence electrons. The topological polar surface area (TPSA) is 95.8 Å². The normalized spacial score (nSPS) is 15.7. The predicted molar refractivity (Wildman–Crippen MR) is 100 cm³/mol. The third-order valence-electron chi connectivity index (χ3n) is 5.13. The maximum absolute atomic E-state index is 13.2. The molecule has 2 aromatic carbocycles. The van der Waals surface area contributed by atoms with Crippen LogP contribution in [-0.2, 0) is 6.42 Å². The molecule has 0 aliphatic carbocycles. The van der Waals surface area contributed by atoms with Gasteiger partial charge >= 0.3 is 6.03 Å². The number of nitrogens with one attached hydrogen (secondary N) is 1. The molecule has 8 heteroatoms. The molecule has 0 atom stereocenters. The van der Waals surface area contributed by atoms with Crippen molar-refractivity contribution in [3.63, 3.8) is 0 Å². The number of urea groups is 1. The maximum Gasteiger partial charge on any atom is 0.322 e. The Balaban J connectivity index is 1.71. The highest BCUT2D eigenvalue weighted by Gasteiger charge is 2.32. The molecule has 3 amide bonds. The molecule has 8 nitrogen and oxygen atoms in total. The molecule has 0 aromatic heterocycles. The lowest BCUT2D eigenvalue weighted by atomic mass is 10.0. The van der Waals surface area contributed by atoms with Crippen LogP contribution in [0.2, 0.25) is 0 Å². The highest BCUT2D eigenvalue weighted by molar-refractivity contribution is 6.10. The van der Waals surface area contributed by atoms with Gasteiger partial charge in [-0.15, -0.1) is 0 Å². The monoisotopic (exact) mass is 366 g/mol. The summed E-state index contributed by atoms with van der Waals surface area (Å²) in [4.78, 5) is 39.2. The maximum atomic E-state index is 13.2. The van der Waals surface area contributed by atoms with Crippen LogP contribution in [0.5, 0.6) is 0 Å². The summed E-state index contributed by atoms with van der Waals surface area (Å²) in [6.07, 6.45) is 0.450. The van der Waals surface area contributed by atoms with E-state index in [1.54, 1.807) is 34.1 Å². The Kier molecular flexibility index (Phi) is 4.02. The molecule has 27 heavy (non-hydrogen) atoms. The van der Waals surface area contributed by atoms with E-state index < -0.39 is 4.92 Å². The van der Waals surface area contributed by atoms with E-state index in [9.17, 15) is 19.7 Å². The Morgan fingerprint density at radius 1 is 1.15 bits per heavy atom. The summed E-state index contributed by atoms with van der Waals surface area (Å²) in [7, 11) is 0. The first kappa shape index (κ1) is 17.0. The fourth-order valence-corrected chi connectivity index (χ4v) is 3.79. The summed E-state index contributed by atoms with van der Waals surface area (Å²) in [5.74, 6) is -0.215. The first-order chi connectivity index (χ1) is 13.0. The van der Waals surface area contributed by atoms with Gasteiger partial charge in [0.1, 0.15) is 0 Å². The van der Waals surface area contributed by atoms with Gasteiger partial charge in [0.2, 0.25) is 0 Å². The zero-order valence-electron chi connectivity index (χ0n) is 14.8. The molecule has 2 heterocycles. The summed E-state index contributed by atoms with van der Waals surface area (Å²) >= 11 is 0. The van der Waals surface area contributed by atoms with Crippen LogP contribution in [0.1, 0.15) is 21.5 Å². The van der Waals surface area contributed by atoms with E-state index in [1.807, 2.05) is 13.0 Å². The quantitative estimate of drug-likeness (QED) is 0.667. The zero-order chi connectivity index (χ0) is 19.1. The second-order valence-electron chi connectivity index (χ2n) is 6.57. The molecule has 2 aliphatic rings. The first-order valence-corrected chi connectivity index (χ1v) is 8.72. The molecule has 2 aliphatic heterocycles. The van der Waals surface area contributed by atoms with Crippen LogP contribution in [0.4, 0.5) is 21.9 Å². The Morgan fingerprint density at radius 2 is 1.89 bits per heavy atom. The largest absolute Gasteiger partial charge is 0.336 e. The van der Waals surface area contributed by atoms with Gasteiger partial charge in [-0.2, -0.15) is 0 Å². The Morgan fingerprint density at radius 3 is 2.59 bits per heavy atom. The summed E-state index contributed by atoms with van der Waals surface area (Å²) < 4.78 is 0. The van der Waals surface area contributed by atoms with Crippen molar-refractivity contribution in [2.24, 2.45) is 0 Å². The minimum atomic E-state index is -0.412. The van der Waals surface area contributed by atoms with Crippen LogP contribution in [0.3, 0.4) is 0 Å². The lowest BCUT2D eigenvalue weighted by molar-refractivity contribution is -0.385. The number of carbonyl (C=O) groups excluding carboxylic acids is 2. The van der Waals surface area contributed by atoms with Crippen molar-refractivity contribution in [2.75, 3.05) is 29.4 Å². The number of fused-ring (bicyclic) bond motifs is 1. The number of rotatable bonds is 3. The molecule has 0 unspecified atom stereocenters. The van der Waals surface area contributed by atoms with Crippen LogP contribution in [0.25, 0.3) is 0 Å². The number of anilines is 2. The lowest BCUT2D eigenvalue weighted by Crippen LogP contribution is -2.31. The lowest BCUT2D eigenvalue weighted by Gasteiger charge is -2.22. The van der Waals surface area contributed by atoms with Crippen LogP contribution in [-0.4, -0.2) is 36.5 Å². The second kappa shape index (κ2) is 6.39. The Labute approximate surface area is 155 Å². The number of benzene rings is 2. The molecular weight excluding hydrogens is 348 g/mol. The van der Waals surface area contributed by atoms with Gasteiger partial charge in [0, 0.05) is 37.0 Å². The number of hydrogen-bond acceptors (Lipinski definition) is 4. The Bertz CT molecular complexity index is 972. The molecule has 4 rings (SSSR count). The van der Waals surface area contributed by atoms with Gasteiger partial charge in [-0.25, -0.2) is 4.79 Å². The van der Waals surface area contributed by atoms with Crippen molar-refractivity contribution in [2.45, 2.75) is 13.3 Å². The SMILES string of the molecule is Cc1c(C(=O)N2CCc3c2cccc3[N+](=O)[O-])cccc1N1CCNC1=O. The van der Waals surface area contributed by atoms with Gasteiger partial charge in [-0.05, 0) is 37.1 Å². The zero-order valence-corrected chi connectivity index (χ0v) is 14.8. The minimum Gasteiger partial charge on any atom is -0.336 e. The van der Waals surface area contributed by atoms with E-state index in [4.69, 9.17) is 0 Å². The number of nitro groups is 1. The van der Waals surface area contributed by atoms with Crippen LogP contribution in [0.15, 0.2) is 36.4 Å². The fraction of sp³-hybridized carbons (Fsp3) is 0.263. The number of nitrogens with zero attached hydrogens (tertiary/aromatic N) is 3. The van der Waals surface area contributed by atoms with Gasteiger partial charge in [-0.1, -0.05) is 12.1 Å². The van der Waals surface area contributed by atoms with Gasteiger partial charge in [0.15, 0.2) is 0 Å². The third-order valence-corrected chi connectivity index (χ3v) is 5.13. The van der Waals surface area contributed by atoms with Crippen molar-refractivity contribution < 1.29 is 14.5 Å². The van der Waals surface area contributed by atoms with Crippen LogP contribution < -0.4 is 15.1 Å². The molecular formula is C19H18N4O4. The first-order valence-electron chi connectivity index (χ1n) is 8.72. The summed E-state index contributed by atoms with van der Waals surface area (Å²) in [5, 5.41) is 14.0. The van der Waals surface area contributed by atoms with Crippen molar-refractivity contribution in [1.82, 2.24) is 5.32 Å². The van der Waals surface area contributed by atoms with Gasteiger partial charge in [0.25, 0.3) is 11.6 Å².